The summed E-state index contributed by atoms with van der Waals surface area (Å²) in [6, 6.07) is -0.833. The Kier molecular flexibility index (Phi) is 42.7. The van der Waals surface area contributed by atoms with Crippen LogP contribution in [0.5, 0.6) is 0 Å². The monoisotopic (exact) mass is 319 g/mol. The number of carbonyl (C=O) groups excluding carboxylic acids is 2. The minimum absolute atomic E-state index is 0.750. The summed E-state index contributed by atoms with van der Waals surface area (Å²) in [6.45, 7) is 8.88. The number of hydrogen-bond donors (Lipinski definition) is 6. The lowest BCUT2D eigenvalue weighted by Crippen LogP contribution is -2.18. The van der Waals surface area contributed by atoms with Crippen molar-refractivity contribution in [3.05, 3.63) is 38.0 Å². The first-order valence-corrected chi connectivity index (χ1v) is 4.61. The molecule has 0 heterocycles. The zero-order valence-corrected chi connectivity index (χ0v) is 11.4. The fourth-order valence-electron chi connectivity index (χ4n) is 0. The highest BCUT2D eigenvalue weighted by atomic mass is 16.4. The summed E-state index contributed by atoms with van der Waals surface area (Å²) in [5.74, 6) is -2.94. The number of hydrogen-bond acceptors (Lipinski definition) is 6. The molecule has 0 bridgehead atoms. The molecule has 0 spiro atoms. The van der Waals surface area contributed by atoms with Crippen LogP contribution in [0.15, 0.2) is 38.0 Å². The van der Waals surface area contributed by atoms with E-state index in [0.29, 0.717) is 0 Å². The molecule has 0 aliphatic carbocycles. The van der Waals surface area contributed by atoms with Crippen LogP contribution in [-0.4, -0.2) is 45.3 Å². The van der Waals surface area contributed by atoms with Crippen LogP contribution in [-0.2, 0) is 19.2 Å². The summed E-state index contributed by atoms with van der Waals surface area (Å²) in [5.41, 5.74) is 8.50. The van der Waals surface area contributed by atoms with Gasteiger partial charge in [0.05, 0.1) is 0 Å². The van der Waals surface area contributed by atoms with Crippen LogP contribution in [0.3, 0.4) is 0 Å². The quantitative estimate of drug-likeness (QED) is 0.229. The highest BCUT2D eigenvalue weighted by molar-refractivity contribution is 5.79. The summed E-state index contributed by atoms with van der Waals surface area (Å²) in [6.07, 6.45) is 3.25. The largest absolute Gasteiger partial charge is 0.478 e. The third-order valence-corrected chi connectivity index (χ3v) is 0.524. The zero-order chi connectivity index (χ0) is 19.1. The molecule has 0 unspecified atom stereocenters. The summed E-state index contributed by atoms with van der Waals surface area (Å²) in [4.78, 5) is 45.1. The molecular weight excluding hydrogens is 302 g/mol. The van der Waals surface area contributed by atoms with Crippen LogP contribution in [0.1, 0.15) is 0 Å². The summed E-state index contributed by atoms with van der Waals surface area (Å²) >= 11 is 0. The van der Waals surface area contributed by atoms with Crippen molar-refractivity contribution in [3.8, 4) is 0 Å². The molecule has 0 rings (SSSR count). The van der Waals surface area contributed by atoms with E-state index in [2.05, 4.69) is 31.2 Å². The van der Waals surface area contributed by atoms with Gasteiger partial charge in [-0.1, -0.05) is 19.7 Å². The number of carboxylic acids is 3. The lowest BCUT2D eigenvalue weighted by molar-refractivity contribution is -0.132. The van der Waals surface area contributed by atoms with Crippen molar-refractivity contribution in [1.29, 1.82) is 5.41 Å². The standard InChI is InChI=1S/3C3H4O2.CH4N2O.CHNO/c3*1-2-3(4)5;2-1(3)4;2-1-3/h3*2H,1H2,(H,4,5);(H4,2,3,4);2H. The third kappa shape index (κ3) is 731. The Morgan fingerprint density at radius 1 is 0.818 bits per heavy atom. The molecule has 22 heavy (non-hydrogen) atoms. The average Bonchev–Trinajstić information content (AvgIpc) is 2.40. The van der Waals surface area contributed by atoms with E-state index in [1.807, 2.05) is 0 Å². The summed E-state index contributed by atoms with van der Waals surface area (Å²) < 4.78 is 0. The molecule has 124 valence electrons. The van der Waals surface area contributed by atoms with Crippen molar-refractivity contribution < 1.29 is 39.3 Å². The molecule has 0 aromatic carbocycles. The van der Waals surface area contributed by atoms with Gasteiger partial charge in [0.15, 0.2) is 0 Å². The lowest BCUT2D eigenvalue weighted by Gasteiger charge is -1.64. The van der Waals surface area contributed by atoms with Crippen LogP contribution in [0.25, 0.3) is 0 Å². The third-order valence-electron chi connectivity index (χ3n) is 0.524. The fraction of sp³-hybridized carbons (Fsp3) is 0. The maximum atomic E-state index is 9.25. The smallest absolute Gasteiger partial charge is 0.327 e. The van der Waals surface area contributed by atoms with Crippen LogP contribution >= 0.6 is 0 Å². The Balaban J connectivity index is -0.0000000554. The molecule has 2 amide bonds. The molecule has 11 heteroatoms. The number of aliphatic carboxylic acids is 3. The molecule has 8 N–H and O–H groups in total. The molecule has 0 radical (unpaired) electrons. The van der Waals surface area contributed by atoms with E-state index in [1.165, 1.54) is 0 Å². The molecule has 0 atom stereocenters. The van der Waals surface area contributed by atoms with Gasteiger partial charge in [-0.3, -0.25) is 0 Å². The van der Waals surface area contributed by atoms with E-state index >= 15 is 0 Å². The minimum atomic E-state index is -0.981. The predicted molar refractivity (Wildman–Crippen MR) is 75.7 cm³/mol. The number of carbonyl (C=O) groups is 4. The van der Waals surface area contributed by atoms with E-state index in [-0.39, 0.29) is 0 Å². The Hall–Kier alpha value is -3.72. The number of nitrogens with two attached hydrogens (primary N) is 2. The van der Waals surface area contributed by atoms with Gasteiger partial charge in [-0.15, -0.1) is 0 Å². The maximum absolute atomic E-state index is 9.25. The molecule has 0 aliphatic rings. The SMILES string of the molecule is C=CC(=O)O.C=CC(=O)O.C=CC(=O)O.N=C=O.NC(N)=O. The maximum Gasteiger partial charge on any atom is 0.327 e. The highest BCUT2D eigenvalue weighted by Crippen LogP contribution is 1.55. The first kappa shape index (κ1) is 31.0. The van der Waals surface area contributed by atoms with Crippen molar-refractivity contribution in [2.45, 2.75) is 0 Å². The number of primary amides is 2. The first-order chi connectivity index (χ1) is 9.96. The zero-order valence-electron chi connectivity index (χ0n) is 11.4. The number of carboxylic acid groups (broad SMARTS) is 3. The van der Waals surface area contributed by atoms with Gasteiger partial charge in [0.2, 0.25) is 6.08 Å². The summed E-state index contributed by atoms with van der Waals surface area (Å²) in [5, 5.41) is 28.2. The fourth-order valence-corrected chi connectivity index (χ4v) is 0. The first-order valence-electron chi connectivity index (χ1n) is 4.61. The van der Waals surface area contributed by atoms with Gasteiger partial charge in [-0.05, 0) is 0 Å². The van der Waals surface area contributed by atoms with E-state index < -0.39 is 23.9 Å². The Morgan fingerprint density at radius 3 is 0.864 bits per heavy atom. The number of isocyanates is 1. The van der Waals surface area contributed by atoms with Crippen molar-refractivity contribution >= 4 is 30.0 Å². The van der Waals surface area contributed by atoms with Crippen molar-refractivity contribution in [3.63, 3.8) is 0 Å². The second kappa shape index (κ2) is 30.4. The lowest BCUT2D eigenvalue weighted by atomic mass is 10.7. The molecule has 0 saturated carbocycles. The van der Waals surface area contributed by atoms with Crippen molar-refractivity contribution in [1.82, 2.24) is 0 Å². The molecule has 11 nitrogen and oxygen atoms in total. The van der Waals surface area contributed by atoms with Crippen molar-refractivity contribution in [2.75, 3.05) is 0 Å². The molecule has 0 fully saturated rings. The molecule has 0 aliphatic heterocycles. The minimum Gasteiger partial charge on any atom is -0.478 e. The topological polar surface area (TPSA) is 222 Å². The molecule has 0 saturated heterocycles. The average molecular weight is 319 g/mol. The Bertz CT molecular complexity index is 365. The van der Waals surface area contributed by atoms with Crippen LogP contribution < -0.4 is 11.5 Å². The van der Waals surface area contributed by atoms with Crippen LogP contribution in [0.2, 0.25) is 0 Å². The predicted octanol–water partition coefficient (Wildman–Crippen LogP) is -0.304. The van der Waals surface area contributed by atoms with Crippen LogP contribution in [0.4, 0.5) is 4.79 Å². The van der Waals surface area contributed by atoms with E-state index in [9.17, 15) is 14.4 Å². The number of nitrogens with one attached hydrogen (secondary N) is 1. The number of rotatable bonds is 3. The van der Waals surface area contributed by atoms with Gasteiger partial charge in [0.25, 0.3) is 0 Å². The highest BCUT2D eigenvalue weighted by Gasteiger charge is 1.74. The molecule has 0 aromatic heterocycles. The van der Waals surface area contributed by atoms with Gasteiger partial charge in [0, 0.05) is 18.2 Å². The van der Waals surface area contributed by atoms with Crippen LogP contribution in [0, 0.1) is 5.41 Å². The molecular formula is C11H17N3O8. The van der Waals surface area contributed by atoms with E-state index in [4.69, 9.17) is 30.3 Å². The normalized spacial score (nSPS) is 5.82. The number of urea groups is 1. The van der Waals surface area contributed by atoms with Gasteiger partial charge in [-0.25, -0.2) is 29.4 Å². The van der Waals surface area contributed by atoms with E-state index in [0.717, 1.165) is 24.3 Å². The Morgan fingerprint density at radius 2 is 0.864 bits per heavy atom. The second-order valence-corrected chi connectivity index (χ2v) is 2.13. The van der Waals surface area contributed by atoms with Crippen molar-refractivity contribution in [2.24, 2.45) is 11.5 Å². The Labute approximate surface area is 125 Å². The second-order valence-electron chi connectivity index (χ2n) is 2.13. The van der Waals surface area contributed by atoms with E-state index in [1.54, 1.807) is 0 Å². The number of amides is 2. The van der Waals surface area contributed by atoms with Gasteiger partial charge in [0.1, 0.15) is 0 Å². The van der Waals surface area contributed by atoms with Gasteiger partial charge in [-0.2, -0.15) is 0 Å². The molecule has 0 aromatic rings. The summed E-state index contributed by atoms with van der Waals surface area (Å²) in [7, 11) is 0. The van der Waals surface area contributed by atoms with Gasteiger partial charge < -0.3 is 26.8 Å². The van der Waals surface area contributed by atoms with Gasteiger partial charge >= 0.3 is 23.9 Å².